The number of ether oxygens (including phenoxy) is 4. The minimum absolute atomic E-state index is 0.104. The Morgan fingerprint density at radius 3 is 0.844 bits per heavy atom. The molecule has 0 aromatic heterocycles. The van der Waals surface area contributed by atoms with E-state index in [2.05, 4.69) is 48.5 Å². The van der Waals surface area contributed by atoms with Crippen LogP contribution in [0.3, 0.4) is 0 Å². The molecule has 0 aliphatic carbocycles. The molecule has 0 aromatic rings. The summed E-state index contributed by atoms with van der Waals surface area (Å²) in [5.41, 5.74) is 0. The van der Waals surface area contributed by atoms with Gasteiger partial charge in [0.15, 0.2) is 12.2 Å². The molecule has 0 aliphatic heterocycles. The summed E-state index contributed by atoms with van der Waals surface area (Å²) >= 11 is 0. The van der Waals surface area contributed by atoms with Crippen LogP contribution >= 0.6 is 15.6 Å². The van der Waals surface area contributed by atoms with Gasteiger partial charge in [0.05, 0.1) is 26.4 Å². The van der Waals surface area contributed by atoms with E-state index in [4.69, 9.17) is 37.0 Å². The lowest BCUT2D eigenvalue weighted by molar-refractivity contribution is -0.161. The van der Waals surface area contributed by atoms with Crippen molar-refractivity contribution in [2.45, 2.75) is 375 Å². The lowest BCUT2D eigenvalue weighted by Gasteiger charge is -2.21. The van der Waals surface area contributed by atoms with E-state index >= 15 is 0 Å². The molecule has 0 saturated heterocycles. The van der Waals surface area contributed by atoms with Gasteiger partial charge in [-0.3, -0.25) is 37.3 Å². The van der Waals surface area contributed by atoms with Crippen LogP contribution in [0.2, 0.25) is 0 Å². The van der Waals surface area contributed by atoms with E-state index in [0.29, 0.717) is 25.7 Å². The second-order valence-electron chi connectivity index (χ2n) is 26.6. The Hall–Kier alpha value is -1.94. The first-order valence-electron chi connectivity index (χ1n) is 36.9. The fourth-order valence-electron chi connectivity index (χ4n) is 10.7. The van der Waals surface area contributed by atoms with Crippen molar-refractivity contribution in [2.24, 2.45) is 17.8 Å². The number of aliphatic hydroxyl groups is 1. The number of hydrogen-bond acceptors (Lipinski definition) is 15. The zero-order valence-electron chi connectivity index (χ0n) is 58.6. The van der Waals surface area contributed by atoms with Crippen molar-refractivity contribution >= 4 is 39.5 Å². The monoisotopic (exact) mass is 1320 g/mol. The number of carbonyl (C=O) groups excluding carboxylic acids is 4. The summed E-state index contributed by atoms with van der Waals surface area (Å²) in [7, 11) is -9.90. The number of hydrogen-bond donors (Lipinski definition) is 3. The van der Waals surface area contributed by atoms with Crippen LogP contribution in [0.15, 0.2) is 0 Å². The molecule has 534 valence electrons. The van der Waals surface area contributed by atoms with Crippen LogP contribution in [0.25, 0.3) is 0 Å². The first-order chi connectivity index (χ1) is 43.3. The van der Waals surface area contributed by atoms with Gasteiger partial charge in [-0.15, -0.1) is 0 Å². The SMILES string of the molecule is CCCCCCCCCCC(=O)OC[C@H](COP(=O)(O)OC[C@H](O)COP(=O)(O)OC[C@@H](COC(=O)CCCCCCCCCCC(C)CC)OC(=O)CCCCCCCCCCCCCCCCCC(C)C)OC(=O)CCCCCCCCCCC(C)CC. The maximum Gasteiger partial charge on any atom is 0.472 e. The first kappa shape index (κ1) is 88.1. The Labute approximate surface area is 549 Å². The normalized spacial score (nSPS) is 14.8. The molecule has 0 radical (unpaired) electrons. The molecule has 3 N–H and O–H groups in total. The summed E-state index contributed by atoms with van der Waals surface area (Å²) in [5, 5.41) is 10.6. The lowest BCUT2D eigenvalue weighted by Crippen LogP contribution is -2.30. The third kappa shape index (κ3) is 62.2. The van der Waals surface area contributed by atoms with E-state index in [9.17, 15) is 43.2 Å². The number of esters is 4. The Morgan fingerprint density at radius 2 is 0.567 bits per heavy atom. The van der Waals surface area contributed by atoms with Crippen LogP contribution in [-0.2, 0) is 65.4 Å². The highest BCUT2D eigenvalue weighted by molar-refractivity contribution is 7.47. The van der Waals surface area contributed by atoms with Gasteiger partial charge in [0.2, 0.25) is 0 Å². The standard InChI is InChI=1S/C71H138O17P2/c1-8-11-12-13-14-31-38-45-52-68(73)81-58-66(88-71(76)55-48-41-34-27-25-30-37-44-51-64(7)10-3)60-85-89(77,78)83-56-65(72)57-84-90(79,80)86-61-67(59-82-69(74)53-46-39-32-26-24-29-36-43-50-63(6)9-2)87-70(75)54-47-40-33-23-21-19-17-15-16-18-20-22-28-35-42-49-62(4)5/h62-67,72H,8-61H2,1-7H3,(H,77,78)(H,79,80)/t63?,64?,65-,66+,67+/m0/s1. The molecule has 17 nitrogen and oxygen atoms in total. The van der Waals surface area contributed by atoms with Crippen molar-refractivity contribution in [2.75, 3.05) is 39.6 Å². The predicted octanol–water partition coefficient (Wildman–Crippen LogP) is 20.2. The van der Waals surface area contributed by atoms with Gasteiger partial charge in [-0.05, 0) is 43.4 Å². The van der Waals surface area contributed by atoms with Gasteiger partial charge >= 0.3 is 39.5 Å². The van der Waals surface area contributed by atoms with Crippen molar-refractivity contribution in [3.8, 4) is 0 Å². The smallest absolute Gasteiger partial charge is 0.462 e. The predicted molar refractivity (Wildman–Crippen MR) is 363 cm³/mol. The Morgan fingerprint density at radius 1 is 0.322 bits per heavy atom. The van der Waals surface area contributed by atoms with Crippen LogP contribution in [0.5, 0.6) is 0 Å². The van der Waals surface area contributed by atoms with Crippen molar-refractivity contribution in [1.29, 1.82) is 0 Å². The van der Waals surface area contributed by atoms with E-state index < -0.39 is 97.5 Å². The summed E-state index contributed by atoms with van der Waals surface area (Å²) in [6, 6.07) is 0. The quantitative estimate of drug-likeness (QED) is 0.0222. The number of carbonyl (C=O) groups is 4. The molecule has 4 unspecified atom stereocenters. The maximum atomic E-state index is 13.0. The first-order valence-corrected chi connectivity index (χ1v) is 39.9. The summed E-state index contributed by atoms with van der Waals surface area (Å²) in [4.78, 5) is 72.5. The van der Waals surface area contributed by atoms with E-state index in [1.54, 1.807) is 0 Å². The second-order valence-corrected chi connectivity index (χ2v) is 29.5. The Bertz CT molecular complexity index is 1770. The fourth-order valence-corrected chi connectivity index (χ4v) is 12.2. The summed E-state index contributed by atoms with van der Waals surface area (Å²) in [5.74, 6) is 0.221. The van der Waals surface area contributed by atoms with Crippen LogP contribution < -0.4 is 0 Å². The van der Waals surface area contributed by atoms with Crippen molar-refractivity contribution in [3.63, 3.8) is 0 Å². The van der Waals surface area contributed by atoms with Gasteiger partial charge in [-0.1, -0.05) is 305 Å². The molecular formula is C71H138O17P2. The van der Waals surface area contributed by atoms with Crippen molar-refractivity contribution < 1.29 is 80.2 Å². The van der Waals surface area contributed by atoms with Gasteiger partial charge in [0.25, 0.3) is 0 Å². The highest BCUT2D eigenvalue weighted by Crippen LogP contribution is 2.45. The average molecular weight is 1330 g/mol. The molecule has 7 atom stereocenters. The molecule has 0 bridgehead atoms. The number of unbranched alkanes of at least 4 members (excludes halogenated alkanes) is 35. The lowest BCUT2D eigenvalue weighted by atomic mass is 9.99. The molecule has 0 spiro atoms. The second kappa shape index (κ2) is 61.9. The molecule has 0 amide bonds. The fraction of sp³-hybridized carbons (Fsp3) is 0.944. The third-order valence-corrected chi connectivity index (χ3v) is 19.0. The molecule has 0 saturated carbocycles. The van der Waals surface area contributed by atoms with Gasteiger partial charge in [-0.25, -0.2) is 9.13 Å². The summed E-state index contributed by atoms with van der Waals surface area (Å²) < 4.78 is 68.3. The highest BCUT2D eigenvalue weighted by atomic mass is 31.2. The maximum absolute atomic E-state index is 13.0. The zero-order valence-corrected chi connectivity index (χ0v) is 60.4. The molecule has 0 aliphatic rings. The number of phosphoric acid groups is 2. The van der Waals surface area contributed by atoms with E-state index in [1.165, 1.54) is 161 Å². The van der Waals surface area contributed by atoms with E-state index in [0.717, 1.165) is 114 Å². The third-order valence-electron chi connectivity index (χ3n) is 17.1. The van der Waals surface area contributed by atoms with Gasteiger partial charge in [-0.2, -0.15) is 0 Å². The largest absolute Gasteiger partial charge is 0.472 e. The molecular weight excluding hydrogens is 1190 g/mol. The molecule has 0 aromatic carbocycles. The Balaban J connectivity index is 5.22. The minimum atomic E-state index is -4.95. The van der Waals surface area contributed by atoms with E-state index in [-0.39, 0.29) is 25.7 Å². The van der Waals surface area contributed by atoms with Crippen LogP contribution in [0.1, 0.15) is 357 Å². The topological polar surface area (TPSA) is 237 Å². The average Bonchev–Trinajstić information content (AvgIpc) is 3.73. The molecule has 0 heterocycles. The summed E-state index contributed by atoms with van der Waals surface area (Å²) in [6.07, 6.45) is 45.8. The molecule has 0 fully saturated rings. The van der Waals surface area contributed by atoms with Crippen molar-refractivity contribution in [3.05, 3.63) is 0 Å². The summed E-state index contributed by atoms with van der Waals surface area (Å²) in [6.45, 7) is 11.9. The highest BCUT2D eigenvalue weighted by Gasteiger charge is 2.30. The van der Waals surface area contributed by atoms with Crippen molar-refractivity contribution in [1.82, 2.24) is 0 Å². The molecule has 90 heavy (non-hydrogen) atoms. The molecule has 0 rings (SSSR count). The van der Waals surface area contributed by atoms with Crippen LogP contribution in [0.4, 0.5) is 0 Å². The van der Waals surface area contributed by atoms with Crippen LogP contribution in [-0.4, -0.2) is 96.7 Å². The number of aliphatic hydroxyl groups excluding tert-OH is 1. The number of phosphoric ester groups is 2. The Kier molecular flexibility index (Phi) is 60.6. The van der Waals surface area contributed by atoms with Gasteiger partial charge in [0.1, 0.15) is 19.3 Å². The van der Waals surface area contributed by atoms with Crippen LogP contribution in [0, 0.1) is 17.8 Å². The van der Waals surface area contributed by atoms with E-state index in [1.807, 2.05) is 0 Å². The van der Waals surface area contributed by atoms with Gasteiger partial charge < -0.3 is 33.8 Å². The minimum Gasteiger partial charge on any atom is -0.462 e. The van der Waals surface area contributed by atoms with Gasteiger partial charge in [0, 0.05) is 25.7 Å². The zero-order chi connectivity index (χ0) is 66.6. The molecule has 19 heteroatoms. The number of rotatable bonds is 69.